The SMILES string of the molecule is COc1ccc(-c2nnc(COC(=O)c3ccc(NC(=O)c4ccco4)cc3)o2)cc1. The normalized spacial score (nSPS) is 10.5. The van der Waals surface area contributed by atoms with Gasteiger partial charge in [0.25, 0.3) is 11.8 Å². The third kappa shape index (κ3) is 4.78. The van der Waals surface area contributed by atoms with Crippen LogP contribution in [-0.2, 0) is 11.3 Å². The van der Waals surface area contributed by atoms with Crippen LogP contribution in [0.25, 0.3) is 11.5 Å². The highest BCUT2D eigenvalue weighted by Crippen LogP contribution is 2.21. The summed E-state index contributed by atoms with van der Waals surface area (Å²) < 4.78 is 20.9. The number of nitrogens with zero attached hydrogens (tertiary/aromatic N) is 2. The molecular weight excluding hydrogens is 402 g/mol. The standard InChI is InChI=1S/C22H17N3O6/c1-28-17-10-6-14(7-11-17)21-25-24-19(31-21)13-30-22(27)15-4-8-16(9-5-15)23-20(26)18-3-2-12-29-18/h2-12H,13H2,1H3,(H,23,26). The Labute approximate surface area is 176 Å². The van der Waals surface area contributed by atoms with Crippen molar-refractivity contribution < 1.29 is 27.9 Å². The Hall–Kier alpha value is -4.40. The second kappa shape index (κ2) is 8.95. The molecule has 0 aliphatic rings. The molecule has 0 fully saturated rings. The highest BCUT2D eigenvalue weighted by molar-refractivity contribution is 6.02. The third-order valence-corrected chi connectivity index (χ3v) is 4.25. The minimum absolute atomic E-state index is 0.168. The molecular formula is C22H17N3O6. The molecule has 0 bridgehead atoms. The Bertz CT molecular complexity index is 1160. The van der Waals surface area contributed by atoms with Gasteiger partial charge in [0.2, 0.25) is 5.89 Å². The summed E-state index contributed by atoms with van der Waals surface area (Å²) in [5, 5.41) is 10.5. The predicted octanol–water partition coefficient (Wildman–Crippen LogP) is 3.95. The Morgan fingerprint density at radius 2 is 1.77 bits per heavy atom. The van der Waals surface area contributed by atoms with Crippen LogP contribution < -0.4 is 10.1 Å². The van der Waals surface area contributed by atoms with E-state index in [1.807, 2.05) is 0 Å². The van der Waals surface area contributed by atoms with Crippen molar-refractivity contribution >= 4 is 17.6 Å². The average molecular weight is 419 g/mol. The lowest BCUT2D eigenvalue weighted by atomic mass is 10.2. The van der Waals surface area contributed by atoms with Gasteiger partial charge in [0.1, 0.15) is 5.75 Å². The molecule has 0 saturated carbocycles. The van der Waals surface area contributed by atoms with Gasteiger partial charge < -0.3 is 23.6 Å². The largest absolute Gasteiger partial charge is 0.497 e. The molecule has 2 aromatic carbocycles. The van der Waals surface area contributed by atoms with Crippen LogP contribution in [0.3, 0.4) is 0 Å². The fourth-order valence-electron chi connectivity index (χ4n) is 2.66. The van der Waals surface area contributed by atoms with E-state index in [1.54, 1.807) is 55.6 Å². The fourth-order valence-corrected chi connectivity index (χ4v) is 2.66. The maximum atomic E-state index is 12.3. The van der Waals surface area contributed by atoms with Gasteiger partial charge in [0.15, 0.2) is 12.4 Å². The average Bonchev–Trinajstić information content (AvgIpc) is 3.50. The summed E-state index contributed by atoms with van der Waals surface area (Å²) in [5.41, 5.74) is 1.54. The van der Waals surface area contributed by atoms with Gasteiger partial charge in [0, 0.05) is 11.3 Å². The first-order valence-electron chi connectivity index (χ1n) is 9.21. The van der Waals surface area contributed by atoms with Gasteiger partial charge in [-0.05, 0) is 60.7 Å². The maximum absolute atomic E-state index is 12.3. The number of methoxy groups -OCH3 is 1. The number of nitrogens with one attached hydrogen (secondary N) is 1. The van der Waals surface area contributed by atoms with Gasteiger partial charge in [-0.1, -0.05) is 0 Å². The topological polar surface area (TPSA) is 117 Å². The van der Waals surface area contributed by atoms with Crippen LogP contribution in [-0.4, -0.2) is 29.2 Å². The van der Waals surface area contributed by atoms with E-state index in [0.717, 1.165) is 5.56 Å². The number of anilines is 1. The quantitative estimate of drug-likeness (QED) is 0.448. The molecule has 0 aliphatic carbocycles. The lowest BCUT2D eigenvalue weighted by molar-refractivity contribution is 0.0438. The van der Waals surface area contributed by atoms with Gasteiger partial charge in [-0.15, -0.1) is 10.2 Å². The van der Waals surface area contributed by atoms with Crippen LogP contribution in [0.2, 0.25) is 0 Å². The molecule has 4 aromatic rings. The lowest BCUT2D eigenvalue weighted by Crippen LogP contribution is -2.11. The van der Waals surface area contributed by atoms with Gasteiger partial charge >= 0.3 is 5.97 Å². The van der Waals surface area contributed by atoms with E-state index in [-0.39, 0.29) is 24.2 Å². The molecule has 0 aliphatic heterocycles. The molecule has 2 aromatic heterocycles. The van der Waals surface area contributed by atoms with Crippen LogP contribution in [0, 0.1) is 0 Å². The van der Waals surface area contributed by atoms with Crippen molar-refractivity contribution in [3.63, 3.8) is 0 Å². The zero-order valence-electron chi connectivity index (χ0n) is 16.4. The summed E-state index contributed by atoms with van der Waals surface area (Å²) >= 11 is 0. The molecule has 0 radical (unpaired) electrons. The number of hydrogen-bond donors (Lipinski definition) is 1. The number of ether oxygens (including phenoxy) is 2. The molecule has 2 heterocycles. The van der Waals surface area contributed by atoms with Gasteiger partial charge in [-0.2, -0.15) is 0 Å². The van der Waals surface area contributed by atoms with E-state index in [2.05, 4.69) is 15.5 Å². The molecule has 156 valence electrons. The number of esters is 1. The first-order chi connectivity index (χ1) is 15.1. The number of hydrogen-bond acceptors (Lipinski definition) is 8. The van der Waals surface area contributed by atoms with E-state index in [0.29, 0.717) is 22.9 Å². The number of benzene rings is 2. The summed E-state index contributed by atoms with van der Waals surface area (Å²) in [7, 11) is 1.58. The van der Waals surface area contributed by atoms with Crippen LogP contribution in [0.4, 0.5) is 5.69 Å². The number of carbonyl (C=O) groups excluding carboxylic acids is 2. The molecule has 0 saturated heterocycles. The summed E-state index contributed by atoms with van der Waals surface area (Å²) in [6.07, 6.45) is 1.41. The first kappa shape index (κ1) is 19.9. The molecule has 4 rings (SSSR count). The summed E-state index contributed by atoms with van der Waals surface area (Å²) in [6, 6.07) is 16.6. The summed E-state index contributed by atoms with van der Waals surface area (Å²) in [4.78, 5) is 24.2. The Balaban J connectivity index is 1.32. The number of furan rings is 1. The van der Waals surface area contributed by atoms with E-state index >= 15 is 0 Å². The monoisotopic (exact) mass is 419 g/mol. The second-order valence-electron chi connectivity index (χ2n) is 6.31. The molecule has 9 nitrogen and oxygen atoms in total. The lowest BCUT2D eigenvalue weighted by Gasteiger charge is -2.05. The van der Waals surface area contributed by atoms with Crippen molar-refractivity contribution in [3.8, 4) is 17.2 Å². The summed E-state index contributed by atoms with van der Waals surface area (Å²) in [5.74, 6) is 0.436. The molecule has 0 spiro atoms. The number of aromatic nitrogens is 2. The molecule has 9 heteroatoms. The number of carbonyl (C=O) groups is 2. The van der Waals surface area contributed by atoms with Crippen molar-refractivity contribution in [2.24, 2.45) is 0 Å². The van der Waals surface area contributed by atoms with Crippen molar-refractivity contribution in [3.05, 3.63) is 84.1 Å². The van der Waals surface area contributed by atoms with Crippen LogP contribution in [0.1, 0.15) is 26.8 Å². The van der Waals surface area contributed by atoms with Gasteiger partial charge in [0.05, 0.1) is 18.9 Å². The highest BCUT2D eigenvalue weighted by atomic mass is 16.5. The fraction of sp³-hybridized carbons (Fsp3) is 0.0909. The Morgan fingerprint density at radius 3 is 2.45 bits per heavy atom. The maximum Gasteiger partial charge on any atom is 0.338 e. The predicted molar refractivity (Wildman–Crippen MR) is 109 cm³/mol. The molecule has 1 amide bonds. The van der Waals surface area contributed by atoms with Crippen molar-refractivity contribution in [1.82, 2.24) is 10.2 Å². The van der Waals surface area contributed by atoms with Gasteiger partial charge in [-0.3, -0.25) is 4.79 Å². The van der Waals surface area contributed by atoms with Crippen LogP contribution >= 0.6 is 0 Å². The van der Waals surface area contributed by atoms with E-state index in [1.165, 1.54) is 18.4 Å². The van der Waals surface area contributed by atoms with E-state index < -0.39 is 5.97 Å². The summed E-state index contributed by atoms with van der Waals surface area (Å²) in [6.45, 7) is -0.168. The first-order valence-corrected chi connectivity index (χ1v) is 9.21. The van der Waals surface area contributed by atoms with Crippen molar-refractivity contribution in [2.45, 2.75) is 6.61 Å². The minimum Gasteiger partial charge on any atom is -0.497 e. The van der Waals surface area contributed by atoms with Crippen LogP contribution in [0.15, 0.2) is 75.8 Å². The zero-order chi connectivity index (χ0) is 21.6. The smallest absolute Gasteiger partial charge is 0.338 e. The number of amides is 1. The zero-order valence-corrected chi connectivity index (χ0v) is 16.4. The molecule has 31 heavy (non-hydrogen) atoms. The minimum atomic E-state index is -0.562. The molecule has 0 unspecified atom stereocenters. The molecule has 1 N–H and O–H groups in total. The van der Waals surface area contributed by atoms with E-state index in [4.69, 9.17) is 18.3 Å². The third-order valence-electron chi connectivity index (χ3n) is 4.25. The van der Waals surface area contributed by atoms with Gasteiger partial charge in [-0.25, -0.2) is 4.79 Å². The van der Waals surface area contributed by atoms with E-state index in [9.17, 15) is 9.59 Å². The highest BCUT2D eigenvalue weighted by Gasteiger charge is 2.14. The molecule has 0 atom stereocenters. The Kier molecular flexibility index (Phi) is 5.75. The Morgan fingerprint density at radius 1 is 1.00 bits per heavy atom. The van der Waals surface area contributed by atoms with Crippen LogP contribution in [0.5, 0.6) is 5.75 Å². The van der Waals surface area contributed by atoms with Crippen molar-refractivity contribution in [2.75, 3.05) is 12.4 Å². The second-order valence-corrected chi connectivity index (χ2v) is 6.31. The number of rotatable bonds is 7. The van der Waals surface area contributed by atoms with Crippen molar-refractivity contribution in [1.29, 1.82) is 0 Å².